The lowest BCUT2D eigenvalue weighted by atomic mass is 10.1. The van der Waals surface area contributed by atoms with E-state index < -0.39 is 0 Å². The number of carbonyl (C=O) groups is 1. The maximum absolute atomic E-state index is 12.2. The zero-order valence-corrected chi connectivity index (χ0v) is 15.9. The number of carbonyl (C=O) groups excluding carboxylic acids is 1. The van der Waals surface area contributed by atoms with Gasteiger partial charge in [0.2, 0.25) is 5.91 Å². The average Bonchev–Trinajstić information content (AvgIpc) is 3.11. The van der Waals surface area contributed by atoms with E-state index in [4.69, 9.17) is 4.74 Å². The molecular formula is C17H25N5O2S. The molecule has 25 heavy (non-hydrogen) atoms. The zero-order valence-electron chi connectivity index (χ0n) is 15.0. The molecule has 3 rings (SSSR count). The van der Waals surface area contributed by atoms with Gasteiger partial charge in [0, 0.05) is 44.2 Å². The minimum absolute atomic E-state index is 0.00470. The molecule has 1 aliphatic heterocycles. The number of hydrogen-bond donors (Lipinski definition) is 1. The van der Waals surface area contributed by atoms with Crippen molar-refractivity contribution in [2.45, 2.75) is 33.2 Å². The Bertz CT molecular complexity index is 733. The Labute approximate surface area is 152 Å². The summed E-state index contributed by atoms with van der Waals surface area (Å²) in [6.45, 7) is 8.25. The standard InChI is InChI=1S/C17H25N5O2S/c1-12-15(13(2)21(3)20-12)4-5-16(23)19-17-18-14(11-25-17)10-22-6-8-24-9-7-22/h11H,4-10H2,1-3H3,(H,18,19,23). The predicted molar refractivity (Wildman–Crippen MR) is 97.8 cm³/mol. The molecule has 1 N–H and O–H groups in total. The Morgan fingerprint density at radius 2 is 2.12 bits per heavy atom. The molecule has 1 aliphatic rings. The number of aromatic nitrogens is 3. The number of ether oxygens (including phenoxy) is 1. The van der Waals surface area contributed by atoms with Gasteiger partial charge in [-0.05, 0) is 25.8 Å². The van der Waals surface area contributed by atoms with Gasteiger partial charge in [0.1, 0.15) is 0 Å². The summed E-state index contributed by atoms with van der Waals surface area (Å²) in [6.07, 6.45) is 1.13. The summed E-state index contributed by atoms with van der Waals surface area (Å²) in [5.41, 5.74) is 4.27. The van der Waals surface area contributed by atoms with Gasteiger partial charge in [-0.1, -0.05) is 0 Å². The summed E-state index contributed by atoms with van der Waals surface area (Å²) in [5.74, 6) is -0.00470. The number of nitrogens with one attached hydrogen (secondary N) is 1. The number of aryl methyl sites for hydroxylation is 2. The van der Waals surface area contributed by atoms with E-state index in [2.05, 4.69) is 20.3 Å². The van der Waals surface area contributed by atoms with Crippen LogP contribution in [0.4, 0.5) is 5.13 Å². The molecule has 8 heteroatoms. The highest BCUT2D eigenvalue weighted by Crippen LogP contribution is 2.19. The number of amides is 1. The second-order valence-corrected chi connectivity index (χ2v) is 7.21. The van der Waals surface area contributed by atoms with Gasteiger partial charge < -0.3 is 10.1 Å². The fraction of sp³-hybridized carbons (Fsp3) is 0.588. The van der Waals surface area contributed by atoms with Crippen molar-refractivity contribution in [3.63, 3.8) is 0 Å². The number of morpholine rings is 1. The Hall–Kier alpha value is -1.77. The lowest BCUT2D eigenvalue weighted by Gasteiger charge is -2.25. The number of thiazole rings is 1. The topological polar surface area (TPSA) is 72.3 Å². The van der Waals surface area contributed by atoms with Gasteiger partial charge in [-0.25, -0.2) is 4.98 Å². The van der Waals surface area contributed by atoms with E-state index >= 15 is 0 Å². The normalized spacial score (nSPS) is 15.5. The van der Waals surface area contributed by atoms with Gasteiger partial charge in [0.05, 0.1) is 24.6 Å². The molecule has 0 saturated carbocycles. The highest BCUT2D eigenvalue weighted by atomic mass is 32.1. The van der Waals surface area contributed by atoms with Crippen LogP contribution in [-0.4, -0.2) is 51.9 Å². The first-order chi connectivity index (χ1) is 12.0. The monoisotopic (exact) mass is 363 g/mol. The van der Waals surface area contributed by atoms with E-state index in [9.17, 15) is 4.79 Å². The molecule has 7 nitrogen and oxygen atoms in total. The first kappa shape index (κ1) is 18.0. The minimum atomic E-state index is -0.00470. The zero-order chi connectivity index (χ0) is 17.8. The van der Waals surface area contributed by atoms with Crippen LogP contribution in [0.2, 0.25) is 0 Å². The van der Waals surface area contributed by atoms with Crippen LogP contribution in [-0.2, 0) is 29.5 Å². The Kier molecular flexibility index (Phi) is 5.82. The van der Waals surface area contributed by atoms with Crippen LogP contribution in [0, 0.1) is 13.8 Å². The lowest BCUT2D eigenvalue weighted by molar-refractivity contribution is -0.116. The largest absolute Gasteiger partial charge is 0.379 e. The van der Waals surface area contributed by atoms with E-state index in [1.807, 2.05) is 31.0 Å². The molecule has 136 valence electrons. The maximum atomic E-state index is 12.2. The summed E-state index contributed by atoms with van der Waals surface area (Å²) >= 11 is 1.48. The van der Waals surface area contributed by atoms with Crippen molar-refractivity contribution in [2.24, 2.45) is 7.05 Å². The van der Waals surface area contributed by atoms with Crippen LogP contribution in [0.15, 0.2) is 5.38 Å². The molecule has 3 heterocycles. The SMILES string of the molecule is Cc1nn(C)c(C)c1CCC(=O)Nc1nc(CN2CCOCC2)cs1. The number of hydrogen-bond acceptors (Lipinski definition) is 6. The van der Waals surface area contributed by atoms with Gasteiger partial charge in [-0.2, -0.15) is 5.10 Å². The first-order valence-electron chi connectivity index (χ1n) is 8.56. The molecule has 0 radical (unpaired) electrons. The van der Waals surface area contributed by atoms with E-state index in [1.54, 1.807) is 0 Å². The lowest BCUT2D eigenvalue weighted by Crippen LogP contribution is -2.35. The van der Waals surface area contributed by atoms with Gasteiger partial charge in [0.25, 0.3) is 0 Å². The van der Waals surface area contributed by atoms with E-state index in [1.165, 1.54) is 11.3 Å². The molecule has 0 atom stereocenters. The molecule has 0 bridgehead atoms. The number of rotatable bonds is 6. The molecule has 1 amide bonds. The van der Waals surface area contributed by atoms with Crippen LogP contribution in [0.5, 0.6) is 0 Å². The minimum Gasteiger partial charge on any atom is -0.379 e. The van der Waals surface area contributed by atoms with Crippen LogP contribution >= 0.6 is 11.3 Å². The van der Waals surface area contributed by atoms with Crippen LogP contribution < -0.4 is 5.32 Å². The Morgan fingerprint density at radius 1 is 1.36 bits per heavy atom. The van der Waals surface area contributed by atoms with E-state index in [0.29, 0.717) is 18.0 Å². The third kappa shape index (κ3) is 4.65. The van der Waals surface area contributed by atoms with Crippen LogP contribution in [0.3, 0.4) is 0 Å². The van der Waals surface area contributed by atoms with Crippen molar-refractivity contribution in [3.05, 3.63) is 28.0 Å². The average molecular weight is 363 g/mol. The fourth-order valence-electron chi connectivity index (χ4n) is 3.02. The molecule has 1 fully saturated rings. The molecule has 0 unspecified atom stereocenters. The van der Waals surface area contributed by atoms with Gasteiger partial charge >= 0.3 is 0 Å². The van der Waals surface area contributed by atoms with E-state index in [0.717, 1.165) is 55.5 Å². The van der Waals surface area contributed by atoms with Gasteiger partial charge in [0.15, 0.2) is 5.13 Å². The second kappa shape index (κ2) is 8.07. The van der Waals surface area contributed by atoms with Crippen LogP contribution in [0.25, 0.3) is 0 Å². The maximum Gasteiger partial charge on any atom is 0.226 e. The third-order valence-electron chi connectivity index (χ3n) is 4.55. The molecule has 2 aromatic heterocycles. The van der Waals surface area contributed by atoms with Gasteiger partial charge in [-0.3, -0.25) is 14.4 Å². The van der Waals surface area contributed by atoms with Crippen molar-refractivity contribution in [1.82, 2.24) is 19.7 Å². The van der Waals surface area contributed by atoms with Crippen molar-refractivity contribution in [3.8, 4) is 0 Å². The molecule has 0 aliphatic carbocycles. The Balaban J connectivity index is 1.49. The molecule has 0 spiro atoms. The van der Waals surface area contributed by atoms with Crippen LogP contribution in [0.1, 0.15) is 29.1 Å². The summed E-state index contributed by atoms with van der Waals surface area (Å²) in [6, 6.07) is 0. The Morgan fingerprint density at radius 3 is 2.80 bits per heavy atom. The number of anilines is 1. The third-order valence-corrected chi connectivity index (χ3v) is 5.35. The fourth-order valence-corrected chi connectivity index (χ4v) is 3.74. The van der Waals surface area contributed by atoms with Gasteiger partial charge in [-0.15, -0.1) is 11.3 Å². The smallest absolute Gasteiger partial charge is 0.226 e. The highest BCUT2D eigenvalue weighted by Gasteiger charge is 2.14. The predicted octanol–water partition coefficient (Wildman–Crippen LogP) is 1.90. The summed E-state index contributed by atoms with van der Waals surface area (Å²) in [7, 11) is 1.93. The molecule has 0 aromatic carbocycles. The summed E-state index contributed by atoms with van der Waals surface area (Å²) in [5, 5.41) is 9.99. The highest BCUT2D eigenvalue weighted by molar-refractivity contribution is 7.13. The first-order valence-corrected chi connectivity index (χ1v) is 9.44. The van der Waals surface area contributed by atoms with Crippen molar-refractivity contribution >= 4 is 22.4 Å². The molecule has 1 saturated heterocycles. The van der Waals surface area contributed by atoms with Crippen molar-refractivity contribution in [2.75, 3.05) is 31.6 Å². The van der Waals surface area contributed by atoms with Crippen molar-refractivity contribution < 1.29 is 9.53 Å². The second-order valence-electron chi connectivity index (χ2n) is 6.35. The van der Waals surface area contributed by atoms with Crippen molar-refractivity contribution in [1.29, 1.82) is 0 Å². The molecular weight excluding hydrogens is 338 g/mol. The summed E-state index contributed by atoms with van der Waals surface area (Å²) < 4.78 is 7.22. The van der Waals surface area contributed by atoms with E-state index in [-0.39, 0.29) is 5.91 Å². The molecule has 2 aromatic rings. The quantitative estimate of drug-likeness (QED) is 0.849. The summed E-state index contributed by atoms with van der Waals surface area (Å²) in [4.78, 5) is 19.1. The number of nitrogens with zero attached hydrogens (tertiary/aromatic N) is 4.